The second-order valence-corrected chi connectivity index (χ2v) is 7.96. The summed E-state index contributed by atoms with van der Waals surface area (Å²) in [4.78, 5) is 16.4. The maximum absolute atomic E-state index is 12.7. The second-order valence-electron chi connectivity index (χ2n) is 6.99. The predicted molar refractivity (Wildman–Crippen MR) is 110 cm³/mol. The van der Waals surface area contributed by atoms with E-state index >= 15 is 0 Å². The fourth-order valence-corrected chi connectivity index (χ4v) is 4.72. The molecule has 1 aliphatic heterocycles. The van der Waals surface area contributed by atoms with Gasteiger partial charge in [-0.15, -0.1) is 11.3 Å². The number of hydrogen-bond acceptors (Lipinski definition) is 4. The lowest BCUT2D eigenvalue weighted by atomic mass is 10.2. The Morgan fingerprint density at radius 1 is 1.22 bits per heavy atom. The van der Waals surface area contributed by atoms with Crippen LogP contribution in [0.5, 0.6) is 0 Å². The number of carbonyl (C=O) groups excluding carboxylic acids is 1. The Hall–Kier alpha value is -2.44. The first kappa shape index (κ1) is 17.9. The molecule has 4 rings (SSSR count). The number of aryl methyl sites for hydroxylation is 1. The highest BCUT2D eigenvalue weighted by atomic mass is 32.1. The van der Waals surface area contributed by atoms with E-state index in [1.807, 2.05) is 48.9 Å². The summed E-state index contributed by atoms with van der Waals surface area (Å²) in [5, 5.41) is 9.82. The van der Waals surface area contributed by atoms with Crippen LogP contribution in [0, 0.1) is 13.8 Å². The topological polar surface area (TPSA) is 50.2 Å². The highest BCUT2D eigenvalue weighted by Gasteiger charge is 2.28. The number of aromatic nitrogens is 2. The number of thiophene rings is 1. The normalized spacial score (nSPS) is 17.3. The molecule has 1 unspecified atom stereocenters. The average Bonchev–Trinajstić information content (AvgIpc) is 3.40. The molecule has 0 bridgehead atoms. The Morgan fingerprint density at radius 3 is 2.78 bits per heavy atom. The Balaban J connectivity index is 1.48. The van der Waals surface area contributed by atoms with Crippen LogP contribution in [0.15, 0.2) is 47.8 Å². The van der Waals surface area contributed by atoms with Gasteiger partial charge in [0.2, 0.25) is 5.91 Å². The molecule has 140 valence electrons. The largest absolute Gasteiger partial charge is 0.322 e. The van der Waals surface area contributed by atoms with Crippen LogP contribution in [0.2, 0.25) is 0 Å². The zero-order valence-corrected chi connectivity index (χ0v) is 16.5. The second kappa shape index (κ2) is 7.66. The third kappa shape index (κ3) is 3.68. The first-order valence-electron chi connectivity index (χ1n) is 9.32. The monoisotopic (exact) mass is 380 g/mol. The molecule has 0 radical (unpaired) electrons. The lowest BCUT2D eigenvalue weighted by Crippen LogP contribution is -2.32. The Morgan fingerprint density at radius 2 is 2.04 bits per heavy atom. The predicted octanol–water partition coefficient (Wildman–Crippen LogP) is 4.33. The quantitative estimate of drug-likeness (QED) is 0.717. The van der Waals surface area contributed by atoms with Gasteiger partial charge in [-0.2, -0.15) is 5.10 Å². The van der Waals surface area contributed by atoms with Gasteiger partial charge in [-0.3, -0.25) is 9.69 Å². The molecular weight excluding hydrogens is 356 g/mol. The molecule has 1 aliphatic rings. The number of nitrogens with zero attached hydrogens (tertiary/aromatic N) is 3. The lowest BCUT2D eigenvalue weighted by molar-refractivity contribution is -0.117. The highest BCUT2D eigenvalue weighted by Crippen LogP contribution is 2.34. The van der Waals surface area contributed by atoms with Crippen molar-refractivity contribution in [2.45, 2.75) is 32.7 Å². The summed E-state index contributed by atoms with van der Waals surface area (Å²) in [6.07, 6.45) is 2.26. The SMILES string of the molecule is Cc1nn(-c2ccccc2)c(C)c1NC(=O)CN1CCCC1c1cccs1. The highest BCUT2D eigenvalue weighted by molar-refractivity contribution is 7.10. The number of anilines is 1. The van der Waals surface area contributed by atoms with Crippen LogP contribution in [-0.4, -0.2) is 33.7 Å². The van der Waals surface area contributed by atoms with Gasteiger partial charge in [0.25, 0.3) is 0 Å². The number of hydrogen-bond donors (Lipinski definition) is 1. The molecule has 1 atom stereocenters. The summed E-state index contributed by atoms with van der Waals surface area (Å²) >= 11 is 1.77. The Kier molecular flexibility index (Phi) is 5.09. The molecule has 0 aliphatic carbocycles. The van der Waals surface area contributed by atoms with Gasteiger partial charge in [0.1, 0.15) is 0 Å². The minimum atomic E-state index is 0.0252. The van der Waals surface area contributed by atoms with Gasteiger partial charge in [-0.25, -0.2) is 4.68 Å². The third-order valence-corrected chi connectivity index (χ3v) is 6.11. The van der Waals surface area contributed by atoms with E-state index in [1.165, 1.54) is 4.88 Å². The first-order valence-corrected chi connectivity index (χ1v) is 10.2. The maximum atomic E-state index is 12.7. The van der Waals surface area contributed by atoms with Crippen LogP contribution < -0.4 is 5.32 Å². The van der Waals surface area contributed by atoms with E-state index in [2.05, 4.69) is 32.8 Å². The van der Waals surface area contributed by atoms with Crippen molar-refractivity contribution >= 4 is 22.9 Å². The van der Waals surface area contributed by atoms with E-state index in [9.17, 15) is 4.79 Å². The van der Waals surface area contributed by atoms with Gasteiger partial charge in [-0.05, 0) is 56.8 Å². The van der Waals surface area contributed by atoms with Gasteiger partial charge < -0.3 is 5.32 Å². The summed E-state index contributed by atoms with van der Waals surface area (Å²) in [6.45, 7) is 5.31. The average molecular weight is 381 g/mol. The van der Waals surface area contributed by atoms with E-state index in [4.69, 9.17) is 0 Å². The van der Waals surface area contributed by atoms with Gasteiger partial charge in [0, 0.05) is 10.9 Å². The van der Waals surface area contributed by atoms with E-state index in [0.29, 0.717) is 12.6 Å². The van der Waals surface area contributed by atoms with Crippen molar-refractivity contribution in [3.8, 4) is 5.69 Å². The molecule has 1 aromatic carbocycles. The third-order valence-electron chi connectivity index (χ3n) is 5.14. The number of nitrogens with one attached hydrogen (secondary N) is 1. The summed E-state index contributed by atoms with van der Waals surface area (Å²) < 4.78 is 1.88. The summed E-state index contributed by atoms with van der Waals surface area (Å²) in [5.74, 6) is 0.0252. The van der Waals surface area contributed by atoms with Crippen LogP contribution in [0.4, 0.5) is 5.69 Å². The molecule has 0 spiro atoms. The summed E-state index contributed by atoms with van der Waals surface area (Å²) in [7, 11) is 0. The molecule has 6 heteroatoms. The van der Waals surface area contributed by atoms with E-state index in [-0.39, 0.29) is 5.91 Å². The van der Waals surface area contributed by atoms with Crippen LogP contribution in [0.1, 0.15) is 35.1 Å². The van der Waals surface area contributed by atoms with E-state index in [0.717, 1.165) is 42.1 Å². The van der Waals surface area contributed by atoms with Gasteiger partial charge in [-0.1, -0.05) is 24.3 Å². The van der Waals surface area contributed by atoms with Crippen molar-refractivity contribution in [2.24, 2.45) is 0 Å². The zero-order valence-electron chi connectivity index (χ0n) is 15.7. The number of rotatable bonds is 5. The van der Waals surface area contributed by atoms with Crippen molar-refractivity contribution in [1.29, 1.82) is 0 Å². The molecule has 1 saturated heterocycles. The molecule has 1 fully saturated rings. The van der Waals surface area contributed by atoms with Crippen LogP contribution in [0.3, 0.4) is 0 Å². The van der Waals surface area contributed by atoms with Crippen molar-refractivity contribution in [1.82, 2.24) is 14.7 Å². The molecule has 5 nitrogen and oxygen atoms in total. The zero-order chi connectivity index (χ0) is 18.8. The fraction of sp³-hybridized carbons (Fsp3) is 0.333. The molecule has 1 N–H and O–H groups in total. The number of benzene rings is 1. The van der Waals surface area contributed by atoms with Crippen molar-refractivity contribution < 1.29 is 4.79 Å². The van der Waals surface area contributed by atoms with E-state index < -0.39 is 0 Å². The summed E-state index contributed by atoms with van der Waals surface area (Å²) in [6, 6.07) is 14.6. The van der Waals surface area contributed by atoms with Crippen molar-refractivity contribution in [2.75, 3.05) is 18.4 Å². The van der Waals surface area contributed by atoms with Crippen LogP contribution >= 0.6 is 11.3 Å². The number of carbonyl (C=O) groups is 1. The number of para-hydroxylation sites is 1. The molecule has 27 heavy (non-hydrogen) atoms. The minimum absolute atomic E-state index is 0.0252. The molecule has 3 aromatic rings. The Bertz CT molecular complexity index is 917. The minimum Gasteiger partial charge on any atom is -0.322 e. The van der Waals surface area contributed by atoms with Crippen molar-refractivity contribution in [3.63, 3.8) is 0 Å². The van der Waals surface area contributed by atoms with Gasteiger partial charge >= 0.3 is 0 Å². The standard InChI is InChI=1S/C21H24N4OS/c1-15-21(16(2)25(23-15)17-8-4-3-5-9-17)22-20(26)14-24-12-6-10-18(24)19-11-7-13-27-19/h3-5,7-9,11,13,18H,6,10,12,14H2,1-2H3,(H,22,26). The van der Waals surface area contributed by atoms with Gasteiger partial charge in [0.05, 0.1) is 29.3 Å². The van der Waals surface area contributed by atoms with E-state index in [1.54, 1.807) is 11.3 Å². The number of amides is 1. The Labute approximate surface area is 163 Å². The first-order chi connectivity index (χ1) is 13.1. The molecule has 0 saturated carbocycles. The molecule has 1 amide bonds. The van der Waals surface area contributed by atoms with Crippen LogP contribution in [-0.2, 0) is 4.79 Å². The van der Waals surface area contributed by atoms with Crippen molar-refractivity contribution in [3.05, 3.63) is 64.1 Å². The molecule has 2 aromatic heterocycles. The maximum Gasteiger partial charge on any atom is 0.238 e. The summed E-state index contributed by atoms with van der Waals surface area (Å²) in [5.41, 5.74) is 3.59. The smallest absolute Gasteiger partial charge is 0.238 e. The molecule has 3 heterocycles. The molecular formula is C21H24N4OS. The van der Waals surface area contributed by atoms with Crippen LogP contribution in [0.25, 0.3) is 5.69 Å². The lowest BCUT2D eigenvalue weighted by Gasteiger charge is -2.22. The fourth-order valence-electron chi connectivity index (χ4n) is 3.83. The van der Waals surface area contributed by atoms with Gasteiger partial charge in [0.15, 0.2) is 0 Å². The number of likely N-dealkylation sites (tertiary alicyclic amines) is 1.